The van der Waals surface area contributed by atoms with Gasteiger partial charge >= 0.3 is 0 Å². The summed E-state index contributed by atoms with van der Waals surface area (Å²) in [5.74, 6) is 2.37. The van der Waals surface area contributed by atoms with Crippen molar-refractivity contribution in [3.63, 3.8) is 0 Å². The standard InChI is InChI=1S/C22H21N3O3/c1-3-20-23-13-12-21(24-20)25-22(27)14-16-4-8-18(9-5-16)28-19-10-6-17(7-11-19)15(2)26/h4-13H,3,14H2,1-2H3,(H,23,24,25,27). The fourth-order valence-corrected chi connectivity index (χ4v) is 2.58. The van der Waals surface area contributed by atoms with Crippen molar-refractivity contribution in [3.05, 3.63) is 77.7 Å². The fourth-order valence-electron chi connectivity index (χ4n) is 2.58. The van der Waals surface area contributed by atoms with Gasteiger partial charge in [-0.25, -0.2) is 9.97 Å². The number of rotatable bonds is 7. The van der Waals surface area contributed by atoms with Crippen LogP contribution in [0.4, 0.5) is 5.82 Å². The van der Waals surface area contributed by atoms with Gasteiger partial charge in [-0.15, -0.1) is 0 Å². The summed E-state index contributed by atoms with van der Waals surface area (Å²) in [5, 5.41) is 2.79. The minimum Gasteiger partial charge on any atom is -0.457 e. The van der Waals surface area contributed by atoms with E-state index in [1.165, 1.54) is 6.92 Å². The molecule has 0 radical (unpaired) electrons. The third-order valence-corrected chi connectivity index (χ3v) is 4.07. The Hall–Kier alpha value is -3.54. The number of carbonyl (C=O) groups excluding carboxylic acids is 2. The van der Waals surface area contributed by atoms with Gasteiger partial charge in [-0.1, -0.05) is 19.1 Å². The number of carbonyl (C=O) groups is 2. The van der Waals surface area contributed by atoms with E-state index in [1.54, 1.807) is 48.7 Å². The number of hydrogen-bond acceptors (Lipinski definition) is 5. The molecule has 0 spiro atoms. The molecule has 0 atom stereocenters. The first-order valence-corrected chi connectivity index (χ1v) is 9.03. The van der Waals surface area contributed by atoms with Crippen LogP contribution in [-0.2, 0) is 17.6 Å². The maximum atomic E-state index is 12.2. The zero-order valence-electron chi connectivity index (χ0n) is 15.8. The summed E-state index contributed by atoms with van der Waals surface area (Å²) in [6, 6.07) is 15.9. The number of anilines is 1. The van der Waals surface area contributed by atoms with E-state index in [0.717, 1.165) is 5.56 Å². The van der Waals surface area contributed by atoms with Crippen molar-refractivity contribution in [1.29, 1.82) is 0 Å². The number of nitrogens with one attached hydrogen (secondary N) is 1. The predicted octanol–water partition coefficient (Wildman–Crippen LogP) is 4.22. The lowest BCUT2D eigenvalue weighted by molar-refractivity contribution is -0.115. The van der Waals surface area contributed by atoms with Crippen molar-refractivity contribution < 1.29 is 14.3 Å². The molecule has 0 aliphatic rings. The summed E-state index contributed by atoms with van der Waals surface area (Å²) in [4.78, 5) is 31.9. The minimum atomic E-state index is -0.144. The molecule has 0 saturated carbocycles. The van der Waals surface area contributed by atoms with E-state index in [1.807, 2.05) is 19.1 Å². The highest BCUT2D eigenvalue weighted by Gasteiger charge is 2.07. The zero-order valence-corrected chi connectivity index (χ0v) is 15.8. The van der Waals surface area contributed by atoms with Gasteiger partial charge in [0.05, 0.1) is 6.42 Å². The fraction of sp³-hybridized carbons (Fsp3) is 0.182. The Kier molecular flexibility index (Phi) is 6.11. The van der Waals surface area contributed by atoms with E-state index in [0.29, 0.717) is 35.1 Å². The monoisotopic (exact) mass is 375 g/mol. The maximum absolute atomic E-state index is 12.2. The molecule has 142 valence electrons. The van der Waals surface area contributed by atoms with Crippen LogP contribution in [0, 0.1) is 0 Å². The summed E-state index contributed by atoms with van der Waals surface area (Å²) in [5.41, 5.74) is 1.50. The number of hydrogen-bond donors (Lipinski definition) is 1. The van der Waals surface area contributed by atoms with Gasteiger partial charge in [-0.05, 0) is 55.0 Å². The molecule has 0 aliphatic heterocycles. The van der Waals surface area contributed by atoms with Crippen LogP contribution >= 0.6 is 0 Å². The third-order valence-electron chi connectivity index (χ3n) is 4.07. The van der Waals surface area contributed by atoms with Crippen LogP contribution in [0.25, 0.3) is 0 Å². The lowest BCUT2D eigenvalue weighted by Crippen LogP contribution is -2.15. The molecule has 1 N–H and O–H groups in total. The number of ketones is 1. The highest BCUT2D eigenvalue weighted by Crippen LogP contribution is 2.22. The van der Waals surface area contributed by atoms with Crippen molar-refractivity contribution in [2.45, 2.75) is 26.7 Å². The number of Topliss-reactive ketones (excluding diaryl/α,β-unsaturated/α-hetero) is 1. The highest BCUT2D eigenvalue weighted by molar-refractivity contribution is 5.94. The van der Waals surface area contributed by atoms with Crippen LogP contribution in [-0.4, -0.2) is 21.7 Å². The van der Waals surface area contributed by atoms with Crippen LogP contribution in [0.15, 0.2) is 60.8 Å². The SMILES string of the molecule is CCc1nccc(NC(=O)Cc2ccc(Oc3ccc(C(C)=O)cc3)cc2)n1. The summed E-state index contributed by atoms with van der Waals surface area (Å²) >= 11 is 0. The van der Waals surface area contributed by atoms with Gasteiger partial charge in [0.25, 0.3) is 0 Å². The highest BCUT2D eigenvalue weighted by atomic mass is 16.5. The van der Waals surface area contributed by atoms with Crippen molar-refractivity contribution in [2.24, 2.45) is 0 Å². The molecule has 0 fully saturated rings. The van der Waals surface area contributed by atoms with Crippen LogP contribution in [0.1, 0.15) is 35.6 Å². The Morgan fingerprint density at radius 2 is 1.61 bits per heavy atom. The van der Waals surface area contributed by atoms with Crippen LogP contribution in [0.2, 0.25) is 0 Å². The average Bonchev–Trinajstić information content (AvgIpc) is 2.70. The molecule has 3 aromatic rings. The smallest absolute Gasteiger partial charge is 0.229 e. The van der Waals surface area contributed by atoms with E-state index >= 15 is 0 Å². The minimum absolute atomic E-state index is 0.0158. The number of aryl methyl sites for hydroxylation is 1. The molecule has 0 aliphatic carbocycles. The van der Waals surface area contributed by atoms with Gasteiger partial charge in [-0.3, -0.25) is 9.59 Å². The third kappa shape index (κ3) is 5.23. The molecule has 28 heavy (non-hydrogen) atoms. The first-order valence-electron chi connectivity index (χ1n) is 9.03. The first kappa shape index (κ1) is 19.2. The first-order chi connectivity index (χ1) is 13.5. The van der Waals surface area contributed by atoms with E-state index in [-0.39, 0.29) is 18.1 Å². The second-order valence-electron chi connectivity index (χ2n) is 6.26. The van der Waals surface area contributed by atoms with Crippen LogP contribution in [0.3, 0.4) is 0 Å². The van der Waals surface area contributed by atoms with Gasteiger partial charge in [0.2, 0.25) is 5.91 Å². The van der Waals surface area contributed by atoms with E-state index in [9.17, 15) is 9.59 Å². The second-order valence-corrected chi connectivity index (χ2v) is 6.26. The molecule has 6 heteroatoms. The molecule has 1 amide bonds. The van der Waals surface area contributed by atoms with E-state index < -0.39 is 0 Å². The zero-order chi connectivity index (χ0) is 19.9. The van der Waals surface area contributed by atoms with E-state index in [2.05, 4.69) is 15.3 Å². The summed E-state index contributed by atoms with van der Waals surface area (Å²) in [7, 11) is 0. The molecule has 0 bridgehead atoms. The normalized spacial score (nSPS) is 10.4. The molecular formula is C22H21N3O3. The molecular weight excluding hydrogens is 354 g/mol. The van der Waals surface area contributed by atoms with Crippen molar-refractivity contribution in [2.75, 3.05) is 5.32 Å². The Morgan fingerprint density at radius 1 is 0.964 bits per heavy atom. The Morgan fingerprint density at radius 3 is 2.21 bits per heavy atom. The van der Waals surface area contributed by atoms with E-state index in [4.69, 9.17) is 4.74 Å². The van der Waals surface area contributed by atoms with Gasteiger partial charge in [0, 0.05) is 18.2 Å². The number of amides is 1. The van der Waals surface area contributed by atoms with Gasteiger partial charge in [0.15, 0.2) is 5.78 Å². The molecule has 2 aromatic carbocycles. The Bertz CT molecular complexity index is 967. The molecule has 1 heterocycles. The predicted molar refractivity (Wildman–Crippen MR) is 107 cm³/mol. The number of ether oxygens (including phenoxy) is 1. The molecule has 1 aromatic heterocycles. The van der Waals surface area contributed by atoms with Gasteiger partial charge in [0.1, 0.15) is 23.1 Å². The summed E-state index contributed by atoms with van der Waals surface area (Å²) in [6.45, 7) is 3.49. The van der Waals surface area contributed by atoms with Crippen LogP contribution < -0.4 is 10.1 Å². The number of nitrogens with zero attached hydrogens (tertiary/aromatic N) is 2. The van der Waals surface area contributed by atoms with Crippen molar-refractivity contribution in [3.8, 4) is 11.5 Å². The summed E-state index contributed by atoms with van der Waals surface area (Å²) in [6.07, 6.45) is 2.58. The topological polar surface area (TPSA) is 81.2 Å². The Labute approximate surface area is 163 Å². The second kappa shape index (κ2) is 8.90. The number of aromatic nitrogens is 2. The van der Waals surface area contributed by atoms with Gasteiger partial charge in [-0.2, -0.15) is 0 Å². The quantitative estimate of drug-likeness (QED) is 0.626. The molecule has 0 saturated heterocycles. The number of benzene rings is 2. The molecule has 0 unspecified atom stereocenters. The molecule has 6 nitrogen and oxygen atoms in total. The Balaban J connectivity index is 1.57. The largest absolute Gasteiger partial charge is 0.457 e. The van der Waals surface area contributed by atoms with Crippen molar-refractivity contribution in [1.82, 2.24) is 9.97 Å². The van der Waals surface area contributed by atoms with Crippen molar-refractivity contribution >= 4 is 17.5 Å². The van der Waals surface area contributed by atoms with Gasteiger partial charge < -0.3 is 10.1 Å². The maximum Gasteiger partial charge on any atom is 0.229 e. The average molecular weight is 375 g/mol. The summed E-state index contributed by atoms with van der Waals surface area (Å²) < 4.78 is 5.77. The van der Waals surface area contributed by atoms with Crippen LogP contribution in [0.5, 0.6) is 11.5 Å². The lowest BCUT2D eigenvalue weighted by Gasteiger charge is -2.08. The molecule has 3 rings (SSSR count). The lowest BCUT2D eigenvalue weighted by atomic mass is 10.1.